The van der Waals surface area contributed by atoms with Crippen molar-refractivity contribution in [3.05, 3.63) is 62.6 Å². The maximum atomic E-state index is 12.0. The topological polar surface area (TPSA) is 47.9 Å². The lowest BCUT2D eigenvalue weighted by Gasteiger charge is -2.26. The third-order valence-electron chi connectivity index (χ3n) is 4.21. The molecule has 0 radical (unpaired) electrons. The molecule has 1 heterocycles. The number of hydrazone groups is 1. The van der Waals surface area contributed by atoms with Gasteiger partial charge in [-0.3, -0.25) is 0 Å². The van der Waals surface area contributed by atoms with Crippen molar-refractivity contribution in [2.45, 2.75) is 5.92 Å². The minimum atomic E-state index is -0.320. The number of carbonyl (C=O) groups excluding carboxylic acids is 1. The number of benzene rings is 2. The number of nitrogens with one attached hydrogen (secondary N) is 1. The number of likely N-dealkylation sites (N-methyl/N-ethyl adjacent to an activating group) is 1. The standard InChI is InChI=1S/C19H19Cl3N4O/c1-25(2)11-15(12-3-5-13(20)6-4-12)18-16(21)9-14(10-17(18)22)26-19(27)23-7-8-24-26/h3-6,8-10,15H,7,11H2,1-2H3,(H,23,27). The summed E-state index contributed by atoms with van der Waals surface area (Å²) in [7, 11) is 3.98. The number of halogens is 3. The Morgan fingerprint density at radius 1 is 1.15 bits per heavy atom. The van der Waals surface area contributed by atoms with Crippen molar-refractivity contribution >= 4 is 52.7 Å². The lowest BCUT2D eigenvalue weighted by Crippen LogP contribution is -2.41. The number of hydrogen-bond acceptors (Lipinski definition) is 3. The second kappa shape index (κ2) is 8.48. The van der Waals surface area contributed by atoms with E-state index in [1.54, 1.807) is 18.3 Å². The highest BCUT2D eigenvalue weighted by Crippen LogP contribution is 2.39. The highest BCUT2D eigenvalue weighted by atomic mass is 35.5. The number of rotatable bonds is 5. The first-order valence-corrected chi connectivity index (χ1v) is 9.49. The highest BCUT2D eigenvalue weighted by molar-refractivity contribution is 6.36. The van der Waals surface area contributed by atoms with Crippen LogP contribution in [-0.4, -0.2) is 44.3 Å². The van der Waals surface area contributed by atoms with Crippen LogP contribution in [-0.2, 0) is 0 Å². The van der Waals surface area contributed by atoms with Gasteiger partial charge in [0.05, 0.1) is 12.2 Å². The van der Waals surface area contributed by atoms with Crippen LogP contribution in [0.25, 0.3) is 0 Å². The molecule has 1 aliphatic heterocycles. The van der Waals surface area contributed by atoms with E-state index in [-0.39, 0.29) is 11.9 Å². The smallest absolute Gasteiger partial charge is 0.331 e. The van der Waals surface area contributed by atoms with E-state index in [2.05, 4.69) is 15.3 Å². The number of anilines is 1. The number of hydrogen-bond donors (Lipinski definition) is 1. The summed E-state index contributed by atoms with van der Waals surface area (Å²) in [4.78, 5) is 14.1. The Bertz CT molecular complexity index is 845. The van der Waals surface area contributed by atoms with E-state index in [0.717, 1.165) is 11.1 Å². The van der Waals surface area contributed by atoms with Crippen LogP contribution in [0.4, 0.5) is 10.5 Å². The predicted octanol–water partition coefficient (Wildman–Crippen LogP) is 4.86. The second-order valence-corrected chi connectivity index (χ2v) is 7.74. The molecule has 0 saturated heterocycles. The van der Waals surface area contributed by atoms with Crippen LogP contribution >= 0.6 is 34.8 Å². The molecule has 27 heavy (non-hydrogen) atoms. The zero-order valence-electron chi connectivity index (χ0n) is 14.9. The average Bonchev–Trinajstić information content (AvgIpc) is 2.61. The van der Waals surface area contributed by atoms with Crippen molar-refractivity contribution in [3.8, 4) is 0 Å². The van der Waals surface area contributed by atoms with Gasteiger partial charge in [0, 0.05) is 33.7 Å². The summed E-state index contributed by atoms with van der Waals surface area (Å²) in [5.41, 5.74) is 2.37. The minimum absolute atomic E-state index is 0.0509. The summed E-state index contributed by atoms with van der Waals surface area (Å²) in [5.74, 6) is -0.0509. The van der Waals surface area contributed by atoms with Crippen molar-refractivity contribution in [2.75, 3.05) is 32.2 Å². The Hall–Kier alpha value is -1.79. The molecule has 0 saturated carbocycles. The van der Waals surface area contributed by atoms with Crippen LogP contribution in [0.3, 0.4) is 0 Å². The third kappa shape index (κ3) is 4.55. The van der Waals surface area contributed by atoms with E-state index in [9.17, 15) is 4.79 Å². The zero-order valence-corrected chi connectivity index (χ0v) is 17.2. The summed E-state index contributed by atoms with van der Waals surface area (Å²) in [6, 6.07) is 10.7. The van der Waals surface area contributed by atoms with Crippen LogP contribution in [0.1, 0.15) is 17.0 Å². The summed E-state index contributed by atoms with van der Waals surface area (Å²) < 4.78 is 0. The molecule has 5 nitrogen and oxygen atoms in total. The average molecular weight is 426 g/mol. The van der Waals surface area contributed by atoms with Crippen molar-refractivity contribution in [3.63, 3.8) is 0 Å². The van der Waals surface area contributed by atoms with Crippen LogP contribution in [0.5, 0.6) is 0 Å². The maximum Gasteiger partial charge on any atom is 0.342 e. The molecular formula is C19H19Cl3N4O. The second-order valence-electron chi connectivity index (χ2n) is 6.49. The molecule has 0 bridgehead atoms. The van der Waals surface area contributed by atoms with Crippen molar-refractivity contribution in [2.24, 2.45) is 5.10 Å². The predicted molar refractivity (Wildman–Crippen MR) is 113 cm³/mol. The molecule has 0 fully saturated rings. The van der Waals surface area contributed by atoms with Gasteiger partial charge < -0.3 is 10.2 Å². The molecule has 1 unspecified atom stereocenters. The van der Waals surface area contributed by atoms with Crippen LogP contribution < -0.4 is 10.3 Å². The third-order valence-corrected chi connectivity index (χ3v) is 5.09. The summed E-state index contributed by atoms with van der Waals surface area (Å²) in [6.45, 7) is 1.11. The molecular weight excluding hydrogens is 407 g/mol. The Morgan fingerprint density at radius 2 is 1.78 bits per heavy atom. The van der Waals surface area contributed by atoms with Crippen LogP contribution in [0.15, 0.2) is 41.5 Å². The summed E-state index contributed by atoms with van der Waals surface area (Å²) >= 11 is 19.3. The Labute approximate surface area is 173 Å². The monoisotopic (exact) mass is 424 g/mol. The Kier molecular flexibility index (Phi) is 6.27. The van der Waals surface area contributed by atoms with Gasteiger partial charge in [0.1, 0.15) is 0 Å². The van der Waals surface area contributed by atoms with Crippen molar-refractivity contribution in [1.82, 2.24) is 10.2 Å². The molecule has 0 aromatic heterocycles. The fourth-order valence-electron chi connectivity index (χ4n) is 3.02. The van der Waals surface area contributed by atoms with Gasteiger partial charge in [0.15, 0.2) is 0 Å². The number of urea groups is 1. The molecule has 2 aromatic carbocycles. The molecule has 2 amide bonds. The van der Waals surface area contributed by atoms with Gasteiger partial charge in [-0.2, -0.15) is 10.1 Å². The molecule has 8 heteroatoms. The van der Waals surface area contributed by atoms with Gasteiger partial charge in [-0.1, -0.05) is 46.9 Å². The fourth-order valence-corrected chi connectivity index (χ4v) is 3.88. The molecule has 1 aliphatic rings. The van der Waals surface area contributed by atoms with Crippen molar-refractivity contribution in [1.29, 1.82) is 0 Å². The Balaban J connectivity index is 2.04. The van der Waals surface area contributed by atoms with Gasteiger partial charge in [0.25, 0.3) is 0 Å². The van der Waals surface area contributed by atoms with E-state index in [1.165, 1.54) is 5.01 Å². The molecule has 2 aromatic rings. The number of carbonyl (C=O) groups is 1. The number of amides is 2. The molecule has 142 valence electrons. The van der Waals surface area contributed by atoms with Crippen molar-refractivity contribution < 1.29 is 4.79 Å². The zero-order chi connectivity index (χ0) is 19.6. The SMILES string of the molecule is CN(C)CC(c1ccc(Cl)cc1)c1c(Cl)cc(N2N=CCNC2=O)cc1Cl. The van der Waals surface area contributed by atoms with Crippen LogP contribution in [0.2, 0.25) is 15.1 Å². The lowest BCUT2D eigenvalue weighted by molar-refractivity contribution is 0.247. The first-order valence-electron chi connectivity index (χ1n) is 8.36. The molecule has 1 N–H and O–H groups in total. The fraction of sp³-hybridized carbons (Fsp3) is 0.263. The van der Waals surface area contributed by atoms with E-state index in [0.29, 0.717) is 33.8 Å². The number of nitrogens with zero attached hydrogens (tertiary/aromatic N) is 3. The molecule has 0 aliphatic carbocycles. The highest BCUT2D eigenvalue weighted by Gasteiger charge is 2.25. The minimum Gasteiger partial charge on any atom is -0.331 e. The van der Waals surface area contributed by atoms with Crippen LogP contribution in [0, 0.1) is 0 Å². The molecule has 3 rings (SSSR count). The Morgan fingerprint density at radius 3 is 2.33 bits per heavy atom. The van der Waals surface area contributed by atoms with Gasteiger partial charge >= 0.3 is 6.03 Å². The lowest BCUT2D eigenvalue weighted by atomic mass is 9.90. The summed E-state index contributed by atoms with van der Waals surface area (Å²) in [6.07, 6.45) is 1.61. The van der Waals surface area contributed by atoms with Gasteiger partial charge in [-0.25, -0.2) is 4.79 Å². The largest absolute Gasteiger partial charge is 0.342 e. The quantitative estimate of drug-likeness (QED) is 0.744. The van der Waals surface area contributed by atoms with Gasteiger partial charge in [-0.05, 0) is 49.5 Å². The normalized spacial score (nSPS) is 15.2. The van der Waals surface area contributed by atoms with E-state index in [1.807, 2.05) is 38.4 Å². The van der Waals surface area contributed by atoms with Gasteiger partial charge in [-0.15, -0.1) is 0 Å². The van der Waals surface area contributed by atoms with E-state index in [4.69, 9.17) is 34.8 Å². The van der Waals surface area contributed by atoms with E-state index < -0.39 is 0 Å². The first-order chi connectivity index (χ1) is 12.9. The molecule has 0 spiro atoms. The summed E-state index contributed by atoms with van der Waals surface area (Å²) in [5, 5.41) is 9.68. The van der Waals surface area contributed by atoms with Gasteiger partial charge in [0.2, 0.25) is 0 Å². The first kappa shape index (κ1) is 20.0. The molecule has 1 atom stereocenters. The van der Waals surface area contributed by atoms with E-state index >= 15 is 0 Å². The maximum absolute atomic E-state index is 12.0.